The van der Waals surface area contributed by atoms with Crippen LogP contribution in [0.25, 0.3) is 0 Å². The minimum atomic E-state index is -0.410. The van der Waals surface area contributed by atoms with Gasteiger partial charge in [0.15, 0.2) is 0 Å². The fourth-order valence-electron chi connectivity index (χ4n) is 3.45. The van der Waals surface area contributed by atoms with Gasteiger partial charge in [-0.05, 0) is 56.6 Å². The number of hydrogen-bond acceptors (Lipinski definition) is 4. The maximum absolute atomic E-state index is 6.21. The molecule has 1 aliphatic rings. The Morgan fingerprint density at radius 1 is 1.37 bits per heavy atom. The minimum Gasteiger partial charge on any atom is -0.410 e. The maximum Gasteiger partial charge on any atom is 0.494 e. The lowest BCUT2D eigenvalue weighted by Gasteiger charge is -2.29. The molecule has 1 aromatic carbocycles. The second kappa shape index (κ2) is 11.3. The van der Waals surface area contributed by atoms with E-state index in [0.717, 1.165) is 30.3 Å². The monoisotopic (exact) mass is 408 g/mol. The van der Waals surface area contributed by atoms with Crippen molar-refractivity contribution in [1.29, 1.82) is 0 Å². The summed E-state index contributed by atoms with van der Waals surface area (Å²) in [4.78, 5) is 4.81. The number of rotatable bonds is 11. The summed E-state index contributed by atoms with van der Waals surface area (Å²) in [7, 11) is 1.28. The SMILES string of the molecule is C=CCCC1=C(C(C)/C=C\C)NC(c2cccc(B(OC)OC(C)(C)CC)c2)N=C1. The lowest BCUT2D eigenvalue weighted by atomic mass is 9.76. The van der Waals surface area contributed by atoms with E-state index in [0.29, 0.717) is 5.92 Å². The molecule has 0 saturated carbocycles. The lowest BCUT2D eigenvalue weighted by Crippen LogP contribution is -2.43. The Labute approximate surface area is 183 Å². The highest BCUT2D eigenvalue weighted by Gasteiger charge is 2.29. The van der Waals surface area contributed by atoms with Gasteiger partial charge in [0.1, 0.15) is 6.17 Å². The van der Waals surface area contributed by atoms with Crippen LogP contribution in [0.5, 0.6) is 0 Å². The fourth-order valence-corrected chi connectivity index (χ4v) is 3.45. The fraction of sp³-hybridized carbons (Fsp3) is 0.480. The summed E-state index contributed by atoms with van der Waals surface area (Å²) in [5, 5.41) is 3.67. The predicted octanol–water partition coefficient (Wildman–Crippen LogP) is 5.34. The van der Waals surface area contributed by atoms with Crippen molar-refractivity contribution in [1.82, 2.24) is 5.32 Å². The van der Waals surface area contributed by atoms with E-state index < -0.39 is 7.12 Å². The van der Waals surface area contributed by atoms with Crippen LogP contribution in [0, 0.1) is 5.92 Å². The largest absolute Gasteiger partial charge is 0.494 e. The summed E-state index contributed by atoms with van der Waals surface area (Å²) in [5.41, 5.74) is 4.31. The molecule has 2 atom stereocenters. The third kappa shape index (κ3) is 6.45. The second-order valence-electron chi connectivity index (χ2n) is 8.37. The van der Waals surface area contributed by atoms with Crippen molar-refractivity contribution < 1.29 is 9.31 Å². The van der Waals surface area contributed by atoms with E-state index in [1.165, 1.54) is 11.3 Å². The Morgan fingerprint density at radius 3 is 2.77 bits per heavy atom. The first kappa shape index (κ1) is 24.2. The van der Waals surface area contributed by atoms with Crippen molar-refractivity contribution in [3.05, 3.63) is 65.9 Å². The van der Waals surface area contributed by atoms with Gasteiger partial charge in [-0.2, -0.15) is 0 Å². The van der Waals surface area contributed by atoms with Gasteiger partial charge in [-0.15, -0.1) is 6.58 Å². The van der Waals surface area contributed by atoms with E-state index >= 15 is 0 Å². The van der Waals surface area contributed by atoms with Crippen LogP contribution in [-0.2, 0) is 9.31 Å². The molecule has 0 fully saturated rings. The third-order valence-electron chi connectivity index (χ3n) is 5.56. The summed E-state index contributed by atoms with van der Waals surface area (Å²) >= 11 is 0. The van der Waals surface area contributed by atoms with Gasteiger partial charge in [-0.25, -0.2) is 0 Å². The average Bonchev–Trinajstić information content (AvgIpc) is 2.76. The van der Waals surface area contributed by atoms with Gasteiger partial charge in [-0.3, -0.25) is 4.99 Å². The molecule has 1 N–H and O–H groups in total. The minimum absolute atomic E-state index is 0.128. The number of allylic oxidation sites excluding steroid dienone is 4. The molecule has 30 heavy (non-hydrogen) atoms. The van der Waals surface area contributed by atoms with Crippen LogP contribution in [0.3, 0.4) is 0 Å². The topological polar surface area (TPSA) is 42.8 Å². The first-order chi connectivity index (χ1) is 14.3. The van der Waals surface area contributed by atoms with Crippen molar-refractivity contribution in [3.8, 4) is 0 Å². The van der Waals surface area contributed by atoms with E-state index in [4.69, 9.17) is 14.3 Å². The molecule has 0 radical (unpaired) electrons. The van der Waals surface area contributed by atoms with Crippen molar-refractivity contribution in [2.24, 2.45) is 10.9 Å². The van der Waals surface area contributed by atoms with Gasteiger partial charge in [0.25, 0.3) is 0 Å². The third-order valence-corrected chi connectivity index (χ3v) is 5.56. The standard InChI is InChI=1S/C25H37BN2O2/c1-8-11-14-21-18-27-24(28-23(21)19(4)13-9-2)20-15-12-16-22(17-20)26(29-7)30-25(5,6)10-3/h8-9,12-13,15-19,24,28H,1,10-11,14H2,2-7H3/b13-9-. The Hall–Kier alpha value is -2.11. The van der Waals surface area contributed by atoms with Gasteiger partial charge in [-0.1, -0.05) is 56.3 Å². The molecule has 0 aliphatic carbocycles. The quantitative estimate of drug-likeness (QED) is 0.397. The highest BCUT2D eigenvalue weighted by Crippen LogP contribution is 2.27. The zero-order valence-electron chi connectivity index (χ0n) is 19.4. The number of hydrogen-bond donors (Lipinski definition) is 1. The molecular formula is C25H37BN2O2. The van der Waals surface area contributed by atoms with E-state index in [-0.39, 0.29) is 11.8 Å². The molecular weight excluding hydrogens is 371 g/mol. The maximum atomic E-state index is 6.21. The van der Waals surface area contributed by atoms with Crippen LogP contribution < -0.4 is 10.8 Å². The zero-order chi connectivity index (χ0) is 22.1. The Balaban J connectivity index is 2.28. The Kier molecular flexibility index (Phi) is 9.13. The molecule has 5 heteroatoms. The highest BCUT2D eigenvalue weighted by molar-refractivity contribution is 6.61. The van der Waals surface area contributed by atoms with Crippen molar-refractivity contribution in [3.63, 3.8) is 0 Å². The lowest BCUT2D eigenvalue weighted by molar-refractivity contribution is 0.0765. The normalized spacial score (nSPS) is 17.9. The zero-order valence-corrected chi connectivity index (χ0v) is 19.4. The van der Waals surface area contributed by atoms with Crippen LogP contribution in [0.4, 0.5) is 0 Å². The molecule has 0 bridgehead atoms. The Bertz CT molecular complexity index is 798. The van der Waals surface area contributed by atoms with Crippen LogP contribution in [-0.4, -0.2) is 26.0 Å². The molecule has 2 unspecified atom stereocenters. The smallest absolute Gasteiger partial charge is 0.410 e. The summed E-state index contributed by atoms with van der Waals surface area (Å²) in [6.45, 7) is 14.4. The van der Waals surface area contributed by atoms with Crippen LogP contribution in [0.1, 0.15) is 65.6 Å². The van der Waals surface area contributed by atoms with Crippen LogP contribution in [0.15, 0.2) is 65.3 Å². The van der Waals surface area contributed by atoms with Crippen LogP contribution >= 0.6 is 0 Å². The molecule has 1 heterocycles. The summed E-state index contributed by atoms with van der Waals surface area (Å²) in [5.74, 6) is 0.299. The summed E-state index contributed by atoms with van der Waals surface area (Å²) in [6.07, 6.45) is 11.0. The van der Waals surface area contributed by atoms with E-state index in [9.17, 15) is 0 Å². The summed E-state index contributed by atoms with van der Waals surface area (Å²) in [6, 6.07) is 8.32. The van der Waals surface area contributed by atoms with Gasteiger partial charge in [0, 0.05) is 30.5 Å². The average molecular weight is 408 g/mol. The number of aliphatic imine (C=N–C) groups is 1. The van der Waals surface area contributed by atoms with Gasteiger partial charge < -0.3 is 14.6 Å². The summed E-state index contributed by atoms with van der Waals surface area (Å²) < 4.78 is 11.9. The van der Waals surface area contributed by atoms with Gasteiger partial charge >= 0.3 is 7.12 Å². The molecule has 0 aromatic heterocycles. The number of nitrogens with zero attached hydrogens (tertiary/aromatic N) is 1. The van der Waals surface area contributed by atoms with E-state index in [1.807, 2.05) is 24.4 Å². The molecule has 2 rings (SSSR count). The molecule has 0 saturated heterocycles. The van der Waals surface area contributed by atoms with Crippen molar-refractivity contribution in [2.45, 2.75) is 65.6 Å². The molecule has 1 aromatic rings. The molecule has 0 spiro atoms. The van der Waals surface area contributed by atoms with E-state index in [2.05, 4.69) is 70.8 Å². The second-order valence-corrected chi connectivity index (χ2v) is 8.37. The highest BCUT2D eigenvalue weighted by atomic mass is 16.6. The number of benzene rings is 1. The van der Waals surface area contributed by atoms with Crippen molar-refractivity contribution >= 4 is 18.8 Å². The first-order valence-corrected chi connectivity index (χ1v) is 10.9. The van der Waals surface area contributed by atoms with Gasteiger partial charge in [0.2, 0.25) is 0 Å². The molecule has 4 nitrogen and oxygen atoms in total. The molecule has 0 amide bonds. The Morgan fingerprint density at radius 2 is 2.13 bits per heavy atom. The number of nitrogens with one attached hydrogen (secondary N) is 1. The predicted molar refractivity (Wildman–Crippen MR) is 129 cm³/mol. The first-order valence-electron chi connectivity index (χ1n) is 10.9. The van der Waals surface area contributed by atoms with E-state index in [1.54, 1.807) is 7.11 Å². The van der Waals surface area contributed by atoms with Gasteiger partial charge in [0.05, 0.1) is 0 Å². The van der Waals surface area contributed by atoms with Crippen molar-refractivity contribution in [2.75, 3.05) is 7.11 Å². The molecule has 162 valence electrons. The molecule has 1 aliphatic heterocycles. The van der Waals surface area contributed by atoms with Crippen LogP contribution in [0.2, 0.25) is 0 Å².